The number of carbonyl (C=O) groups is 1. The van der Waals surface area contributed by atoms with E-state index < -0.39 is 5.41 Å². The fraction of sp³-hybridized carbons (Fsp3) is 0.750. The van der Waals surface area contributed by atoms with Crippen molar-refractivity contribution in [2.75, 3.05) is 11.9 Å². The Morgan fingerprint density at radius 2 is 2.19 bits per heavy atom. The number of anilines is 1. The molecule has 0 bridgehead atoms. The number of ether oxygens (including phenoxy) is 1. The minimum absolute atomic E-state index is 0.217. The third kappa shape index (κ3) is 3.76. The van der Waals surface area contributed by atoms with Crippen molar-refractivity contribution in [2.24, 2.45) is 5.92 Å². The summed E-state index contributed by atoms with van der Waals surface area (Å²) in [5, 5.41) is 6.37. The van der Waals surface area contributed by atoms with E-state index in [9.17, 15) is 4.79 Å². The third-order valence-corrected chi connectivity index (χ3v) is 5.16. The van der Waals surface area contributed by atoms with Gasteiger partial charge in [0.05, 0.1) is 12.3 Å². The molecule has 0 aromatic carbocycles. The minimum atomic E-state index is -0.691. The van der Waals surface area contributed by atoms with Gasteiger partial charge in [-0.25, -0.2) is 4.98 Å². The highest BCUT2D eigenvalue weighted by Gasteiger charge is 2.34. The van der Waals surface area contributed by atoms with Crippen LogP contribution in [0.2, 0.25) is 0 Å². The van der Waals surface area contributed by atoms with Gasteiger partial charge in [-0.05, 0) is 46.5 Å². The van der Waals surface area contributed by atoms with Gasteiger partial charge in [-0.1, -0.05) is 12.8 Å². The maximum absolute atomic E-state index is 12.0. The number of hydrogen-bond acceptors (Lipinski definition) is 5. The molecule has 1 aromatic heterocycles. The zero-order valence-electron chi connectivity index (χ0n) is 13.4. The van der Waals surface area contributed by atoms with Crippen molar-refractivity contribution in [3.05, 3.63) is 11.1 Å². The van der Waals surface area contributed by atoms with Crippen LogP contribution in [-0.4, -0.2) is 23.6 Å². The number of esters is 1. The summed E-state index contributed by atoms with van der Waals surface area (Å²) >= 11 is 1.57. The SMILES string of the molecule is CCOC(=O)C(C)(C)c1csc(NC(C)C2CCCC2)n1. The zero-order valence-corrected chi connectivity index (χ0v) is 14.3. The lowest BCUT2D eigenvalue weighted by molar-refractivity contribution is -0.148. The lowest BCUT2D eigenvalue weighted by atomic mass is 9.90. The molecule has 21 heavy (non-hydrogen) atoms. The molecule has 1 heterocycles. The van der Waals surface area contributed by atoms with Gasteiger partial charge in [-0.2, -0.15) is 0 Å². The molecule has 5 heteroatoms. The van der Waals surface area contributed by atoms with Crippen molar-refractivity contribution < 1.29 is 9.53 Å². The van der Waals surface area contributed by atoms with E-state index in [-0.39, 0.29) is 5.97 Å². The molecule has 4 nitrogen and oxygen atoms in total. The average Bonchev–Trinajstić information content (AvgIpc) is 3.10. The maximum atomic E-state index is 12.0. The smallest absolute Gasteiger partial charge is 0.317 e. The first-order valence-electron chi connectivity index (χ1n) is 7.85. The van der Waals surface area contributed by atoms with E-state index in [1.165, 1.54) is 25.7 Å². The van der Waals surface area contributed by atoms with Crippen LogP contribution in [0.15, 0.2) is 5.38 Å². The molecule has 1 unspecified atom stereocenters. The van der Waals surface area contributed by atoms with Gasteiger partial charge in [0, 0.05) is 11.4 Å². The number of aromatic nitrogens is 1. The predicted molar refractivity (Wildman–Crippen MR) is 86.8 cm³/mol. The van der Waals surface area contributed by atoms with Crippen LogP contribution < -0.4 is 5.32 Å². The summed E-state index contributed by atoms with van der Waals surface area (Å²) in [5.74, 6) is 0.529. The van der Waals surface area contributed by atoms with Crippen molar-refractivity contribution >= 4 is 22.4 Å². The van der Waals surface area contributed by atoms with Crippen LogP contribution in [0.1, 0.15) is 59.1 Å². The second-order valence-electron chi connectivity index (χ2n) is 6.36. The predicted octanol–water partition coefficient (Wildman–Crippen LogP) is 3.97. The first kappa shape index (κ1) is 16.3. The molecule has 1 saturated carbocycles. The molecule has 118 valence electrons. The van der Waals surface area contributed by atoms with Gasteiger partial charge in [0.25, 0.3) is 0 Å². The van der Waals surface area contributed by atoms with Crippen LogP contribution in [-0.2, 0) is 14.9 Å². The molecule has 1 fully saturated rings. The Labute approximate surface area is 131 Å². The first-order chi connectivity index (χ1) is 9.95. The fourth-order valence-corrected chi connectivity index (χ4v) is 3.79. The highest BCUT2D eigenvalue weighted by Crippen LogP contribution is 2.32. The van der Waals surface area contributed by atoms with E-state index >= 15 is 0 Å². The molecular formula is C16H26N2O2S. The van der Waals surface area contributed by atoms with Crippen molar-refractivity contribution in [3.63, 3.8) is 0 Å². The first-order valence-corrected chi connectivity index (χ1v) is 8.73. The summed E-state index contributed by atoms with van der Waals surface area (Å²) in [4.78, 5) is 16.6. The minimum Gasteiger partial charge on any atom is -0.465 e. The Morgan fingerprint density at radius 1 is 1.52 bits per heavy atom. The number of rotatable bonds is 6. The van der Waals surface area contributed by atoms with E-state index in [0.29, 0.717) is 12.6 Å². The second kappa shape index (κ2) is 6.77. The highest BCUT2D eigenvalue weighted by molar-refractivity contribution is 7.13. The molecular weight excluding hydrogens is 284 g/mol. The van der Waals surface area contributed by atoms with Crippen LogP contribution in [0.3, 0.4) is 0 Å². The molecule has 2 rings (SSSR count). The Balaban J connectivity index is 2.01. The zero-order chi connectivity index (χ0) is 15.5. The summed E-state index contributed by atoms with van der Waals surface area (Å²) in [6, 6.07) is 0.442. The maximum Gasteiger partial charge on any atom is 0.317 e. The van der Waals surface area contributed by atoms with Crippen molar-refractivity contribution in [2.45, 2.75) is 64.8 Å². The molecule has 0 amide bonds. The normalized spacial score (nSPS) is 17.7. The molecule has 1 aromatic rings. The average molecular weight is 310 g/mol. The lowest BCUT2D eigenvalue weighted by Gasteiger charge is -2.21. The molecule has 1 aliphatic rings. The van der Waals surface area contributed by atoms with Gasteiger partial charge in [0.1, 0.15) is 5.41 Å². The number of nitrogens with one attached hydrogen (secondary N) is 1. The molecule has 0 aliphatic heterocycles. The van der Waals surface area contributed by atoms with Crippen LogP contribution in [0.5, 0.6) is 0 Å². The van der Waals surface area contributed by atoms with E-state index in [1.807, 2.05) is 26.2 Å². The molecule has 0 radical (unpaired) electrons. The summed E-state index contributed by atoms with van der Waals surface area (Å²) in [7, 11) is 0. The topological polar surface area (TPSA) is 51.2 Å². The Bertz CT molecular complexity index is 478. The van der Waals surface area contributed by atoms with Gasteiger partial charge in [-0.3, -0.25) is 4.79 Å². The van der Waals surface area contributed by atoms with E-state index in [1.54, 1.807) is 11.3 Å². The van der Waals surface area contributed by atoms with Gasteiger partial charge < -0.3 is 10.1 Å². The Morgan fingerprint density at radius 3 is 2.81 bits per heavy atom. The van der Waals surface area contributed by atoms with Crippen molar-refractivity contribution in [1.29, 1.82) is 0 Å². The van der Waals surface area contributed by atoms with Crippen LogP contribution in [0, 0.1) is 5.92 Å². The number of hydrogen-bond donors (Lipinski definition) is 1. The number of thiazole rings is 1. The molecule has 1 N–H and O–H groups in total. The van der Waals surface area contributed by atoms with Crippen LogP contribution in [0.4, 0.5) is 5.13 Å². The summed E-state index contributed by atoms with van der Waals surface area (Å²) in [6.45, 7) is 8.18. The van der Waals surface area contributed by atoms with Crippen molar-refractivity contribution in [3.8, 4) is 0 Å². The van der Waals surface area contributed by atoms with Gasteiger partial charge in [0.15, 0.2) is 5.13 Å². The lowest BCUT2D eigenvalue weighted by Crippen LogP contribution is -2.31. The van der Waals surface area contributed by atoms with Crippen LogP contribution >= 0.6 is 11.3 Å². The van der Waals surface area contributed by atoms with Crippen LogP contribution in [0.25, 0.3) is 0 Å². The number of nitrogens with zero attached hydrogens (tertiary/aromatic N) is 1. The Kier molecular flexibility index (Phi) is 5.25. The monoisotopic (exact) mass is 310 g/mol. The van der Waals surface area contributed by atoms with E-state index in [0.717, 1.165) is 16.7 Å². The standard InChI is InChI=1S/C16H26N2O2S/c1-5-20-14(19)16(3,4)13-10-21-15(18-13)17-11(2)12-8-6-7-9-12/h10-12H,5-9H2,1-4H3,(H,17,18). The number of carbonyl (C=O) groups excluding carboxylic acids is 1. The molecule has 1 aliphatic carbocycles. The van der Waals surface area contributed by atoms with Gasteiger partial charge in [0.2, 0.25) is 0 Å². The molecule has 1 atom stereocenters. The van der Waals surface area contributed by atoms with E-state index in [2.05, 4.69) is 17.2 Å². The molecule has 0 saturated heterocycles. The van der Waals surface area contributed by atoms with E-state index in [4.69, 9.17) is 4.74 Å². The highest BCUT2D eigenvalue weighted by atomic mass is 32.1. The summed E-state index contributed by atoms with van der Waals surface area (Å²) in [5.41, 5.74) is 0.0929. The fourth-order valence-electron chi connectivity index (χ4n) is 2.81. The van der Waals surface area contributed by atoms with Gasteiger partial charge in [-0.15, -0.1) is 11.3 Å². The van der Waals surface area contributed by atoms with Gasteiger partial charge >= 0.3 is 5.97 Å². The quantitative estimate of drug-likeness (QED) is 0.808. The summed E-state index contributed by atoms with van der Waals surface area (Å²) in [6.07, 6.45) is 5.30. The van der Waals surface area contributed by atoms with Crippen molar-refractivity contribution in [1.82, 2.24) is 4.98 Å². The molecule has 0 spiro atoms. The third-order valence-electron chi connectivity index (χ3n) is 4.39. The largest absolute Gasteiger partial charge is 0.465 e. The second-order valence-corrected chi connectivity index (χ2v) is 7.22. The Hall–Kier alpha value is -1.10. The summed E-state index contributed by atoms with van der Waals surface area (Å²) < 4.78 is 5.14.